The number of anilines is 1. The van der Waals surface area contributed by atoms with E-state index in [-0.39, 0.29) is 16.3 Å². The summed E-state index contributed by atoms with van der Waals surface area (Å²) >= 11 is 5.96. The Morgan fingerprint density at radius 2 is 1.80 bits per heavy atom. The zero-order chi connectivity index (χ0) is 21.6. The number of pyridine rings is 1. The number of H-pyrrole nitrogens is 2. The van der Waals surface area contributed by atoms with E-state index in [1.54, 1.807) is 31.3 Å². The summed E-state index contributed by atoms with van der Waals surface area (Å²) in [5.41, 5.74) is -1.24. The van der Waals surface area contributed by atoms with Crippen molar-refractivity contribution in [2.45, 2.75) is 13.0 Å². The molecule has 0 bridgehead atoms. The molecule has 2 N–H and O–H groups in total. The van der Waals surface area contributed by atoms with Gasteiger partial charge in [-0.3, -0.25) is 24.3 Å². The number of nitrogens with zero attached hydrogens (tertiary/aromatic N) is 2. The fourth-order valence-electron chi connectivity index (χ4n) is 3.42. The van der Waals surface area contributed by atoms with E-state index in [9.17, 15) is 19.2 Å². The number of carbonyl (C=O) groups is 1. The van der Waals surface area contributed by atoms with Crippen LogP contribution in [0.5, 0.6) is 0 Å². The Kier molecular flexibility index (Phi) is 4.79. The summed E-state index contributed by atoms with van der Waals surface area (Å²) in [5, 5.41) is 2.70. The van der Waals surface area contributed by atoms with Crippen molar-refractivity contribution < 1.29 is 4.79 Å². The molecular weight excluding hydrogens is 408 g/mol. The van der Waals surface area contributed by atoms with Gasteiger partial charge >= 0.3 is 0 Å². The third kappa shape index (κ3) is 3.11. The molecule has 0 radical (unpaired) electrons. The molecule has 0 fully saturated rings. The first kappa shape index (κ1) is 19.7. The van der Waals surface area contributed by atoms with Crippen LogP contribution in [0.2, 0.25) is 5.02 Å². The predicted molar refractivity (Wildman–Crippen MR) is 117 cm³/mol. The Bertz CT molecular complexity index is 1470. The number of hydrogen-bond acceptors (Lipinski definition) is 4. The maximum Gasteiger partial charge on any atom is 0.287 e. The number of para-hydroxylation sites is 1. The molecule has 2 aromatic heterocycles. The number of rotatable bonds is 3. The highest BCUT2D eigenvalue weighted by Crippen LogP contribution is 2.18. The Morgan fingerprint density at radius 1 is 1.10 bits per heavy atom. The number of aromatic amines is 2. The SMILES string of the molecule is CC(C(=O)N(C)c1ccccc1)n1[nH]c(=O)c2[nH]c3cc(Cl)ccc3c(=O)c2c1=O. The van der Waals surface area contributed by atoms with Gasteiger partial charge in [-0.25, -0.2) is 4.68 Å². The summed E-state index contributed by atoms with van der Waals surface area (Å²) in [6.07, 6.45) is 0. The van der Waals surface area contributed by atoms with E-state index < -0.39 is 28.5 Å². The molecule has 0 aliphatic heterocycles. The number of fused-ring (bicyclic) bond motifs is 2. The highest BCUT2D eigenvalue weighted by atomic mass is 35.5. The minimum Gasteiger partial charge on any atom is -0.350 e. The average Bonchev–Trinajstić information content (AvgIpc) is 2.75. The Hall–Kier alpha value is -3.65. The predicted octanol–water partition coefficient (Wildman–Crippen LogP) is 2.41. The molecule has 8 nitrogen and oxygen atoms in total. The van der Waals surface area contributed by atoms with Gasteiger partial charge in [0.05, 0.1) is 5.52 Å². The molecule has 4 rings (SSSR count). The van der Waals surface area contributed by atoms with E-state index >= 15 is 0 Å². The molecule has 0 saturated carbocycles. The first-order valence-corrected chi connectivity index (χ1v) is 9.50. The lowest BCUT2D eigenvalue weighted by Gasteiger charge is -2.22. The van der Waals surface area contributed by atoms with E-state index in [1.165, 1.54) is 30.0 Å². The molecule has 0 aliphatic rings. The number of aromatic nitrogens is 3. The van der Waals surface area contributed by atoms with Crippen molar-refractivity contribution in [3.05, 3.63) is 84.5 Å². The van der Waals surface area contributed by atoms with Crippen LogP contribution in [-0.4, -0.2) is 27.7 Å². The van der Waals surface area contributed by atoms with Crippen LogP contribution in [0, 0.1) is 0 Å². The third-order valence-electron chi connectivity index (χ3n) is 5.06. The standard InChI is InChI=1S/C21H17ClN4O4/c1-11(20(29)25(2)13-6-4-3-5-7-13)26-21(30)16-17(19(28)24-26)23-15-10-12(22)8-9-14(15)18(16)27/h3-11H,1-2H3,(H,23,27)(H,24,28). The molecule has 30 heavy (non-hydrogen) atoms. The van der Waals surface area contributed by atoms with Crippen LogP contribution < -0.4 is 21.4 Å². The smallest absolute Gasteiger partial charge is 0.287 e. The summed E-state index contributed by atoms with van der Waals surface area (Å²) in [4.78, 5) is 55.8. The fraction of sp³-hybridized carbons (Fsp3) is 0.143. The molecule has 152 valence electrons. The normalized spacial score (nSPS) is 12.2. The number of nitrogens with one attached hydrogen (secondary N) is 2. The minimum atomic E-state index is -1.04. The van der Waals surface area contributed by atoms with Gasteiger partial charge in [-0.05, 0) is 37.3 Å². The molecule has 2 aromatic carbocycles. The summed E-state index contributed by atoms with van der Waals surface area (Å²) < 4.78 is 0.892. The summed E-state index contributed by atoms with van der Waals surface area (Å²) in [7, 11) is 1.57. The molecule has 1 unspecified atom stereocenters. The number of halogens is 1. The zero-order valence-electron chi connectivity index (χ0n) is 16.1. The molecular formula is C21H17ClN4O4. The van der Waals surface area contributed by atoms with E-state index in [0.29, 0.717) is 16.2 Å². The van der Waals surface area contributed by atoms with Gasteiger partial charge in [-0.2, -0.15) is 0 Å². The lowest BCUT2D eigenvalue weighted by molar-refractivity contribution is -0.121. The highest BCUT2D eigenvalue weighted by molar-refractivity contribution is 6.31. The second kappa shape index (κ2) is 7.31. The molecule has 0 aliphatic carbocycles. The number of likely N-dealkylation sites (N-methyl/N-ethyl adjacent to an activating group) is 1. The van der Waals surface area contributed by atoms with Crippen molar-refractivity contribution in [3.63, 3.8) is 0 Å². The molecule has 2 heterocycles. The van der Waals surface area contributed by atoms with Crippen LogP contribution in [0.1, 0.15) is 13.0 Å². The van der Waals surface area contributed by atoms with E-state index in [2.05, 4.69) is 10.1 Å². The van der Waals surface area contributed by atoms with Crippen molar-refractivity contribution >= 4 is 45.0 Å². The Labute approximate surface area is 174 Å². The Balaban J connectivity index is 1.90. The number of hydrogen-bond donors (Lipinski definition) is 2. The van der Waals surface area contributed by atoms with Gasteiger partial charge in [0.15, 0.2) is 0 Å². The van der Waals surface area contributed by atoms with Crippen LogP contribution in [0.4, 0.5) is 5.69 Å². The second-order valence-corrected chi connectivity index (χ2v) is 7.36. The molecule has 0 saturated heterocycles. The van der Waals surface area contributed by atoms with E-state index in [4.69, 9.17) is 11.6 Å². The molecule has 1 atom stereocenters. The van der Waals surface area contributed by atoms with E-state index in [1.807, 2.05) is 6.07 Å². The van der Waals surface area contributed by atoms with Crippen LogP contribution in [-0.2, 0) is 4.79 Å². The largest absolute Gasteiger partial charge is 0.350 e. The minimum absolute atomic E-state index is 0.160. The van der Waals surface area contributed by atoms with Gasteiger partial charge in [0.2, 0.25) is 5.43 Å². The topological polar surface area (TPSA) is 108 Å². The van der Waals surface area contributed by atoms with Crippen molar-refractivity contribution in [3.8, 4) is 0 Å². The zero-order valence-corrected chi connectivity index (χ0v) is 16.9. The summed E-state index contributed by atoms with van der Waals surface area (Å²) in [5.74, 6) is -0.428. The molecule has 0 spiro atoms. The van der Waals surface area contributed by atoms with Crippen molar-refractivity contribution in [2.24, 2.45) is 0 Å². The molecule has 9 heteroatoms. The maximum atomic E-state index is 13.1. The summed E-state index contributed by atoms with van der Waals surface area (Å²) in [6.45, 7) is 1.49. The van der Waals surface area contributed by atoms with Gasteiger partial charge in [-0.15, -0.1) is 0 Å². The lowest BCUT2D eigenvalue weighted by atomic mass is 10.1. The summed E-state index contributed by atoms with van der Waals surface area (Å²) in [6, 6.07) is 12.4. The Morgan fingerprint density at radius 3 is 2.50 bits per heavy atom. The van der Waals surface area contributed by atoms with Gasteiger partial charge < -0.3 is 9.88 Å². The number of amides is 1. The van der Waals surface area contributed by atoms with E-state index in [0.717, 1.165) is 4.68 Å². The molecule has 1 amide bonds. The van der Waals surface area contributed by atoms with Crippen LogP contribution in [0.3, 0.4) is 0 Å². The van der Waals surface area contributed by atoms with Gasteiger partial charge in [-0.1, -0.05) is 29.8 Å². The van der Waals surface area contributed by atoms with Crippen molar-refractivity contribution in [1.82, 2.24) is 14.8 Å². The number of carbonyl (C=O) groups excluding carboxylic acids is 1. The van der Waals surface area contributed by atoms with Crippen molar-refractivity contribution in [2.75, 3.05) is 11.9 Å². The van der Waals surface area contributed by atoms with Gasteiger partial charge in [0.1, 0.15) is 16.9 Å². The fourth-order valence-corrected chi connectivity index (χ4v) is 3.59. The number of benzene rings is 2. The second-order valence-electron chi connectivity index (χ2n) is 6.92. The van der Waals surface area contributed by atoms with Crippen LogP contribution in [0.15, 0.2) is 62.9 Å². The van der Waals surface area contributed by atoms with Crippen LogP contribution in [0.25, 0.3) is 21.8 Å². The van der Waals surface area contributed by atoms with Gasteiger partial charge in [0.25, 0.3) is 17.0 Å². The maximum absolute atomic E-state index is 13.1. The molecule has 4 aromatic rings. The van der Waals surface area contributed by atoms with Crippen molar-refractivity contribution in [1.29, 1.82) is 0 Å². The van der Waals surface area contributed by atoms with Gasteiger partial charge in [0, 0.05) is 23.1 Å². The lowest BCUT2D eigenvalue weighted by Crippen LogP contribution is -2.41. The average molecular weight is 425 g/mol. The monoisotopic (exact) mass is 424 g/mol. The quantitative estimate of drug-likeness (QED) is 0.492. The first-order valence-electron chi connectivity index (χ1n) is 9.12. The first-order chi connectivity index (χ1) is 14.3. The third-order valence-corrected chi connectivity index (χ3v) is 5.30. The highest BCUT2D eigenvalue weighted by Gasteiger charge is 2.24. The van der Waals surface area contributed by atoms with Crippen LogP contribution >= 0.6 is 11.6 Å².